The van der Waals surface area contributed by atoms with Gasteiger partial charge in [-0.15, -0.1) is 0 Å². The summed E-state index contributed by atoms with van der Waals surface area (Å²) in [4.78, 5) is 3.87. The Bertz CT molecular complexity index is 884. The molecule has 0 amide bonds. The summed E-state index contributed by atoms with van der Waals surface area (Å²) in [6, 6.07) is 6.28. The molecule has 10 heteroatoms. The van der Waals surface area contributed by atoms with Crippen LogP contribution in [0.5, 0.6) is 0 Å². The van der Waals surface area contributed by atoms with Crippen molar-refractivity contribution in [3.05, 3.63) is 29.8 Å². The van der Waals surface area contributed by atoms with E-state index in [-0.39, 0.29) is 19.3 Å². The molecule has 1 aromatic carbocycles. The fourth-order valence-electron chi connectivity index (χ4n) is 1.66. The third-order valence-electron chi connectivity index (χ3n) is 2.89. The Morgan fingerprint density at radius 2 is 1.64 bits per heavy atom. The molecule has 0 saturated heterocycles. The lowest BCUT2D eigenvalue weighted by molar-refractivity contribution is 0.584. The monoisotopic (exact) mass is 361 g/mol. The number of nitrogens with zero attached hydrogens (tertiary/aromatic N) is 1. The van der Waals surface area contributed by atoms with Crippen LogP contribution in [0.2, 0.25) is 0 Å². The summed E-state index contributed by atoms with van der Waals surface area (Å²) in [5, 5.41) is 2.57. The minimum Gasteiger partial charge on any atom is -0.378 e. The van der Waals surface area contributed by atoms with Crippen molar-refractivity contribution in [2.24, 2.45) is 0 Å². The van der Waals surface area contributed by atoms with Gasteiger partial charge in [0.1, 0.15) is 5.00 Å². The zero-order chi connectivity index (χ0) is 16.5. The molecule has 120 valence electrons. The molecule has 2 N–H and O–H groups in total. The number of anilines is 1. The van der Waals surface area contributed by atoms with E-state index >= 15 is 0 Å². The average Bonchev–Trinajstić information content (AvgIpc) is 2.93. The molecule has 2 rings (SSSR count). The second kappa shape index (κ2) is 5.95. The summed E-state index contributed by atoms with van der Waals surface area (Å²) in [5.41, 5.74) is 0.921. The first kappa shape index (κ1) is 16.9. The Morgan fingerprint density at radius 3 is 2.14 bits per heavy atom. The van der Waals surface area contributed by atoms with Crippen LogP contribution in [0.1, 0.15) is 5.56 Å². The van der Waals surface area contributed by atoms with Gasteiger partial charge < -0.3 is 5.32 Å². The first-order valence-electron chi connectivity index (χ1n) is 6.16. The Hall–Kier alpha value is -1.49. The highest BCUT2D eigenvalue weighted by Gasteiger charge is 2.29. The number of aromatic nitrogens is 1. The van der Waals surface area contributed by atoms with Gasteiger partial charge in [0.2, 0.25) is 14.2 Å². The largest absolute Gasteiger partial charge is 0.378 e. The predicted molar refractivity (Wildman–Crippen MR) is 84.5 cm³/mol. The van der Waals surface area contributed by atoms with E-state index < -0.39 is 19.9 Å². The maximum absolute atomic E-state index is 12.6. The topological polar surface area (TPSA) is 105 Å². The van der Waals surface area contributed by atoms with Gasteiger partial charge in [0.15, 0.2) is 5.03 Å². The van der Waals surface area contributed by atoms with Crippen LogP contribution in [0, 0.1) is 6.92 Å². The summed E-state index contributed by atoms with van der Waals surface area (Å²) in [6.07, 6.45) is 0. The molecular weight excluding hydrogens is 346 g/mol. The van der Waals surface area contributed by atoms with Crippen LogP contribution >= 0.6 is 11.3 Å². The van der Waals surface area contributed by atoms with Crippen molar-refractivity contribution in [2.45, 2.75) is 21.2 Å². The van der Waals surface area contributed by atoms with Gasteiger partial charge in [-0.05, 0) is 26.1 Å². The van der Waals surface area contributed by atoms with Gasteiger partial charge >= 0.3 is 0 Å². The highest BCUT2D eigenvalue weighted by atomic mass is 32.2. The smallest absolute Gasteiger partial charge is 0.267 e. The lowest BCUT2D eigenvalue weighted by atomic mass is 10.2. The van der Waals surface area contributed by atoms with E-state index in [4.69, 9.17) is 0 Å². The Morgan fingerprint density at radius 1 is 1.05 bits per heavy atom. The fourth-order valence-corrected chi connectivity index (χ4v) is 5.38. The van der Waals surface area contributed by atoms with Crippen LogP contribution in [-0.4, -0.2) is 35.9 Å². The lowest BCUT2D eigenvalue weighted by Gasteiger charge is -2.04. The van der Waals surface area contributed by atoms with Gasteiger partial charge in [-0.3, -0.25) is 0 Å². The first-order chi connectivity index (χ1) is 10.2. The maximum Gasteiger partial charge on any atom is 0.267 e. The van der Waals surface area contributed by atoms with Crippen LogP contribution in [-0.2, 0) is 19.9 Å². The molecular formula is C12H15N3O4S3. The van der Waals surface area contributed by atoms with E-state index in [9.17, 15) is 16.8 Å². The van der Waals surface area contributed by atoms with Crippen molar-refractivity contribution in [1.82, 2.24) is 9.71 Å². The van der Waals surface area contributed by atoms with Crippen molar-refractivity contribution in [2.75, 3.05) is 19.4 Å². The summed E-state index contributed by atoms with van der Waals surface area (Å²) in [5.74, 6) is 0. The molecule has 0 atom stereocenters. The van der Waals surface area contributed by atoms with Crippen molar-refractivity contribution in [1.29, 1.82) is 0 Å². The Balaban J connectivity index is 2.63. The number of sulfone groups is 1. The minimum atomic E-state index is -3.90. The normalized spacial score (nSPS) is 12.3. The number of thiazole rings is 1. The van der Waals surface area contributed by atoms with Crippen molar-refractivity contribution >= 4 is 36.2 Å². The molecule has 0 unspecified atom stereocenters. The number of rotatable bonds is 5. The van der Waals surface area contributed by atoms with Gasteiger partial charge in [-0.1, -0.05) is 29.0 Å². The van der Waals surface area contributed by atoms with E-state index in [1.807, 2.05) is 6.92 Å². The van der Waals surface area contributed by atoms with E-state index in [2.05, 4.69) is 15.0 Å². The van der Waals surface area contributed by atoms with Gasteiger partial charge in [0.05, 0.1) is 4.90 Å². The molecule has 0 spiro atoms. The van der Waals surface area contributed by atoms with Gasteiger partial charge in [-0.2, -0.15) is 0 Å². The van der Waals surface area contributed by atoms with Crippen molar-refractivity contribution < 1.29 is 16.8 Å². The standard InChI is InChI=1S/C12H15N3O4S3/c1-8-4-6-9(7-5-8)21(16,17)11-10(13-2)20-12(15-11)22(18,19)14-3/h4-7,13-14H,1-3H3. The van der Waals surface area contributed by atoms with Gasteiger partial charge in [-0.25, -0.2) is 26.5 Å². The molecule has 2 aromatic rings. The van der Waals surface area contributed by atoms with Gasteiger partial charge in [0.25, 0.3) is 10.0 Å². The summed E-state index contributed by atoms with van der Waals surface area (Å²) >= 11 is 0.764. The number of aryl methyl sites for hydroxylation is 1. The molecule has 0 bridgehead atoms. The zero-order valence-electron chi connectivity index (χ0n) is 12.1. The van der Waals surface area contributed by atoms with Crippen LogP contribution in [0.4, 0.5) is 5.00 Å². The summed E-state index contributed by atoms with van der Waals surface area (Å²) < 4.78 is 50.7. The average molecular weight is 361 g/mol. The van der Waals surface area contributed by atoms with E-state index in [1.165, 1.54) is 26.2 Å². The van der Waals surface area contributed by atoms with E-state index in [0.29, 0.717) is 0 Å². The molecule has 1 heterocycles. The molecule has 0 saturated carbocycles. The summed E-state index contributed by atoms with van der Waals surface area (Å²) in [7, 11) is -4.96. The third kappa shape index (κ3) is 3.00. The second-order valence-electron chi connectivity index (χ2n) is 4.39. The molecule has 22 heavy (non-hydrogen) atoms. The predicted octanol–water partition coefficient (Wildman–Crippen LogP) is 1.23. The number of hydrogen-bond acceptors (Lipinski definition) is 7. The summed E-state index contributed by atoms with van der Waals surface area (Å²) in [6.45, 7) is 1.84. The van der Waals surface area contributed by atoms with E-state index in [1.54, 1.807) is 12.1 Å². The molecule has 0 aliphatic heterocycles. The highest BCUT2D eigenvalue weighted by Crippen LogP contribution is 2.34. The zero-order valence-corrected chi connectivity index (χ0v) is 14.6. The Kier molecular flexibility index (Phi) is 4.57. The fraction of sp³-hybridized carbons (Fsp3) is 0.250. The second-order valence-corrected chi connectivity index (χ2v) is 9.31. The van der Waals surface area contributed by atoms with E-state index in [0.717, 1.165) is 16.9 Å². The molecule has 7 nitrogen and oxygen atoms in total. The molecule has 0 aliphatic rings. The van der Waals surface area contributed by atoms with Crippen LogP contribution < -0.4 is 10.0 Å². The third-order valence-corrected chi connectivity index (χ3v) is 7.58. The first-order valence-corrected chi connectivity index (χ1v) is 9.94. The number of sulfonamides is 1. The van der Waals surface area contributed by atoms with Crippen molar-refractivity contribution in [3.8, 4) is 0 Å². The molecule has 0 aliphatic carbocycles. The highest BCUT2D eigenvalue weighted by molar-refractivity contribution is 7.93. The maximum atomic E-state index is 12.6. The molecule has 0 fully saturated rings. The van der Waals surface area contributed by atoms with Crippen LogP contribution in [0.3, 0.4) is 0 Å². The number of nitrogens with one attached hydrogen (secondary N) is 2. The van der Waals surface area contributed by atoms with Crippen LogP contribution in [0.25, 0.3) is 0 Å². The van der Waals surface area contributed by atoms with Gasteiger partial charge in [0, 0.05) is 7.05 Å². The minimum absolute atomic E-state index is 0.0632. The van der Waals surface area contributed by atoms with Crippen LogP contribution in [0.15, 0.2) is 38.5 Å². The Labute approximate surface area is 133 Å². The lowest BCUT2D eigenvalue weighted by Crippen LogP contribution is -2.18. The number of hydrogen-bond donors (Lipinski definition) is 2. The number of benzene rings is 1. The molecule has 0 radical (unpaired) electrons. The van der Waals surface area contributed by atoms with Crippen molar-refractivity contribution in [3.63, 3.8) is 0 Å². The quantitative estimate of drug-likeness (QED) is 0.830. The molecule has 1 aromatic heterocycles. The SMILES string of the molecule is CNc1sc(S(=O)(=O)NC)nc1S(=O)(=O)c1ccc(C)cc1.